The van der Waals surface area contributed by atoms with Crippen molar-refractivity contribution in [1.82, 2.24) is 9.80 Å². The minimum Gasteiger partial charge on any atom is -0.491 e. The first kappa shape index (κ1) is 27.4. The number of rotatable bonds is 5. The minimum atomic E-state index is -0.549. The first-order chi connectivity index (χ1) is 17.2. The number of likely N-dealkylation sites (N-methyl/N-ethyl adjacent to an activating group) is 1. The molecule has 3 rings (SSSR count). The van der Waals surface area contributed by atoms with E-state index < -0.39 is 11.8 Å². The SMILES string of the molecule is CCCN1C[C@H](C)[C@H](OC)CN(C)C(=O)c2cc(NC(=O)Nc3cccc(F)c3)ccc2OC[C@H]1C. The molecule has 8 nitrogen and oxygen atoms in total. The second-order valence-electron chi connectivity index (χ2n) is 9.39. The molecule has 3 atom stereocenters. The molecule has 2 aromatic carbocycles. The van der Waals surface area contributed by atoms with Gasteiger partial charge in [0.1, 0.15) is 18.2 Å². The van der Waals surface area contributed by atoms with Gasteiger partial charge in [-0.2, -0.15) is 0 Å². The molecule has 0 spiro atoms. The van der Waals surface area contributed by atoms with Crippen molar-refractivity contribution >= 4 is 23.3 Å². The number of amides is 3. The second kappa shape index (κ2) is 12.7. The maximum absolute atomic E-state index is 13.4. The lowest BCUT2D eigenvalue weighted by Gasteiger charge is -2.35. The average Bonchev–Trinajstić information content (AvgIpc) is 2.84. The molecular formula is C27H37FN4O4. The predicted molar refractivity (Wildman–Crippen MR) is 139 cm³/mol. The van der Waals surface area contributed by atoms with Crippen LogP contribution in [0, 0.1) is 11.7 Å². The number of anilines is 2. The van der Waals surface area contributed by atoms with Gasteiger partial charge in [0.2, 0.25) is 0 Å². The van der Waals surface area contributed by atoms with Crippen molar-refractivity contribution in [3.8, 4) is 5.75 Å². The summed E-state index contributed by atoms with van der Waals surface area (Å²) in [6.07, 6.45) is 0.892. The van der Waals surface area contributed by atoms with Crippen molar-refractivity contribution in [2.75, 3.05) is 51.0 Å². The molecule has 0 unspecified atom stereocenters. The molecule has 1 aliphatic heterocycles. The van der Waals surface area contributed by atoms with Gasteiger partial charge in [0.15, 0.2) is 0 Å². The zero-order chi connectivity index (χ0) is 26.2. The predicted octanol–water partition coefficient (Wildman–Crippen LogP) is 4.69. The molecule has 1 heterocycles. The summed E-state index contributed by atoms with van der Waals surface area (Å²) >= 11 is 0. The zero-order valence-electron chi connectivity index (χ0n) is 21.7. The second-order valence-corrected chi connectivity index (χ2v) is 9.39. The Kier molecular flexibility index (Phi) is 9.66. The van der Waals surface area contributed by atoms with Gasteiger partial charge in [0, 0.05) is 44.7 Å². The van der Waals surface area contributed by atoms with E-state index in [0.717, 1.165) is 19.5 Å². The van der Waals surface area contributed by atoms with Crippen LogP contribution in [0.4, 0.5) is 20.6 Å². The summed E-state index contributed by atoms with van der Waals surface area (Å²) in [5.41, 5.74) is 1.08. The van der Waals surface area contributed by atoms with Crippen LogP contribution < -0.4 is 15.4 Å². The third kappa shape index (κ3) is 7.18. The lowest BCUT2D eigenvalue weighted by Crippen LogP contribution is -2.46. The van der Waals surface area contributed by atoms with Crippen LogP contribution in [0.3, 0.4) is 0 Å². The first-order valence-corrected chi connectivity index (χ1v) is 12.3. The normalized spacial score (nSPS) is 21.6. The van der Waals surface area contributed by atoms with Gasteiger partial charge >= 0.3 is 6.03 Å². The fraction of sp³-hybridized carbons (Fsp3) is 0.481. The van der Waals surface area contributed by atoms with Crippen molar-refractivity contribution in [2.24, 2.45) is 5.92 Å². The van der Waals surface area contributed by atoms with Gasteiger partial charge in [-0.15, -0.1) is 0 Å². The van der Waals surface area contributed by atoms with Crippen molar-refractivity contribution in [3.63, 3.8) is 0 Å². The van der Waals surface area contributed by atoms with Gasteiger partial charge in [-0.3, -0.25) is 9.69 Å². The first-order valence-electron chi connectivity index (χ1n) is 12.3. The van der Waals surface area contributed by atoms with Crippen LogP contribution in [0.5, 0.6) is 5.75 Å². The van der Waals surface area contributed by atoms with Crippen LogP contribution >= 0.6 is 0 Å². The highest BCUT2D eigenvalue weighted by Gasteiger charge is 2.28. The van der Waals surface area contributed by atoms with Crippen LogP contribution in [0.1, 0.15) is 37.6 Å². The molecular weight excluding hydrogens is 463 g/mol. The number of carbonyl (C=O) groups is 2. The van der Waals surface area contributed by atoms with E-state index in [9.17, 15) is 14.0 Å². The number of ether oxygens (including phenoxy) is 2. The molecule has 0 saturated heterocycles. The number of nitrogens with one attached hydrogen (secondary N) is 2. The summed E-state index contributed by atoms with van der Waals surface area (Å²) in [5.74, 6) is -0.0210. The molecule has 0 fully saturated rings. The minimum absolute atomic E-state index is 0.132. The molecule has 1 aliphatic rings. The maximum Gasteiger partial charge on any atom is 0.323 e. The van der Waals surface area contributed by atoms with E-state index in [1.165, 1.54) is 18.2 Å². The number of hydrogen-bond acceptors (Lipinski definition) is 5. The molecule has 0 aromatic heterocycles. The maximum atomic E-state index is 13.4. The third-order valence-corrected chi connectivity index (χ3v) is 6.42. The molecule has 9 heteroatoms. The number of benzene rings is 2. The molecule has 0 saturated carbocycles. The van der Waals surface area contributed by atoms with Gasteiger partial charge < -0.3 is 25.0 Å². The standard InChI is InChI=1S/C27H37FN4O4/c1-6-12-32-15-18(2)25(35-5)16-31(4)26(33)23-14-22(10-11-24(23)36-17-19(32)3)30-27(34)29-21-9-7-8-20(28)13-21/h7-11,13-14,18-19,25H,6,12,15-17H2,1-5H3,(H2,29,30,34)/t18-,19+,25+/m0/s1. The largest absolute Gasteiger partial charge is 0.491 e. The average molecular weight is 501 g/mol. The van der Waals surface area contributed by atoms with Crippen molar-refractivity contribution in [3.05, 3.63) is 53.8 Å². The van der Waals surface area contributed by atoms with Crippen molar-refractivity contribution < 1.29 is 23.5 Å². The van der Waals surface area contributed by atoms with Gasteiger partial charge in [0.25, 0.3) is 5.91 Å². The number of carbonyl (C=O) groups excluding carboxylic acids is 2. The topological polar surface area (TPSA) is 83.1 Å². The Morgan fingerprint density at radius 2 is 1.86 bits per heavy atom. The molecule has 0 bridgehead atoms. The Morgan fingerprint density at radius 1 is 1.14 bits per heavy atom. The van der Waals surface area contributed by atoms with E-state index in [2.05, 4.69) is 36.3 Å². The molecule has 3 amide bonds. The molecule has 36 heavy (non-hydrogen) atoms. The van der Waals surface area contributed by atoms with E-state index >= 15 is 0 Å². The summed E-state index contributed by atoms with van der Waals surface area (Å²) in [5, 5.41) is 5.30. The van der Waals surface area contributed by atoms with Gasteiger partial charge in [0.05, 0.1) is 11.7 Å². The fourth-order valence-electron chi connectivity index (χ4n) is 4.39. The Bertz CT molecular complexity index is 1050. The van der Waals surface area contributed by atoms with Crippen LogP contribution in [0.15, 0.2) is 42.5 Å². The highest BCUT2D eigenvalue weighted by molar-refractivity contribution is 6.02. The smallest absolute Gasteiger partial charge is 0.323 e. The highest BCUT2D eigenvalue weighted by Crippen LogP contribution is 2.26. The Balaban J connectivity index is 1.86. The van der Waals surface area contributed by atoms with Crippen LogP contribution in [0.2, 0.25) is 0 Å². The van der Waals surface area contributed by atoms with E-state index in [4.69, 9.17) is 9.47 Å². The molecule has 2 N–H and O–H groups in total. The summed E-state index contributed by atoms with van der Waals surface area (Å²) in [7, 11) is 3.41. The van der Waals surface area contributed by atoms with E-state index in [1.807, 2.05) is 0 Å². The summed E-state index contributed by atoms with van der Waals surface area (Å²) < 4.78 is 25.3. The van der Waals surface area contributed by atoms with Gasteiger partial charge in [-0.05, 0) is 62.2 Å². The fourth-order valence-corrected chi connectivity index (χ4v) is 4.39. The van der Waals surface area contributed by atoms with E-state index in [1.54, 1.807) is 43.3 Å². The zero-order valence-corrected chi connectivity index (χ0v) is 21.7. The summed E-state index contributed by atoms with van der Waals surface area (Å²) in [4.78, 5) is 29.9. The van der Waals surface area contributed by atoms with E-state index in [0.29, 0.717) is 35.8 Å². The summed E-state index contributed by atoms with van der Waals surface area (Å²) in [6.45, 7) is 9.04. The molecule has 0 aliphatic carbocycles. The van der Waals surface area contributed by atoms with Crippen LogP contribution in [-0.2, 0) is 4.74 Å². The van der Waals surface area contributed by atoms with Crippen molar-refractivity contribution in [1.29, 1.82) is 0 Å². The number of fused-ring (bicyclic) bond motifs is 1. The van der Waals surface area contributed by atoms with Gasteiger partial charge in [-0.25, -0.2) is 9.18 Å². The lowest BCUT2D eigenvalue weighted by atomic mass is 10.0. The Hall–Kier alpha value is -3.17. The summed E-state index contributed by atoms with van der Waals surface area (Å²) in [6, 6.07) is 10.2. The molecule has 196 valence electrons. The lowest BCUT2D eigenvalue weighted by molar-refractivity contribution is 0.0108. The Morgan fingerprint density at radius 3 is 2.53 bits per heavy atom. The quantitative estimate of drug-likeness (QED) is 0.623. The number of hydrogen-bond donors (Lipinski definition) is 2. The number of halogens is 1. The monoisotopic (exact) mass is 500 g/mol. The number of nitrogens with zero attached hydrogens (tertiary/aromatic N) is 2. The number of urea groups is 1. The third-order valence-electron chi connectivity index (χ3n) is 6.42. The van der Waals surface area contributed by atoms with Crippen LogP contribution in [-0.4, -0.2) is 74.3 Å². The highest BCUT2D eigenvalue weighted by atomic mass is 19.1. The van der Waals surface area contributed by atoms with Crippen LogP contribution in [0.25, 0.3) is 0 Å². The number of methoxy groups -OCH3 is 1. The molecule has 2 aromatic rings. The van der Waals surface area contributed by atoms with Crippen molar-refractivity contribution in [2.45, 2.75) is 39.3 Å². The van der Waals surface area contributed by atoms with E-state index in [-0.39, 0.29) is 24.0 Å². The molecule has 0 radical (unpaired) electrons. The Labute approximate surface area is 212 Å². The van der Waals surface area contributed by atoms with Gasteiger partial charge in [-0.1, -0.05) is 19.9 Å².